The summed E-state index contributed by atoms with van der Waals surface area (Å²) in [4.78, 5) is 8.50. The van der Waals surface area contributed by atoms with Crippen LogP contribution in [0.3, 0.4) is 0 Å². The van der Waals surface area contributed by atoms with Gasteiger partial charge >= 0.3 is 0 Å². The van der Waals surface area contributed by atoms with E-state index in [0.717, 1.165) is 23.6 Å². The van der Waals surface area contributed by atoms with Gasteiger partial charge in [0.1, 0.15) is 5.82 Å². The molecule has 120 valence electrons. The molecule has 0 radical (unpaired) electrons. The van der Waals surface area contributed by atoms with Crippen molar-refractivity contribution in [2.75, 3.05) is 0 Å². The molecule has 0 saturated carbocycles. The maximum Gasteiger partial charge on any atom is 0.181 e. The van der Waals surface area contributed by atoms with Gasteiger partial charge < -0.3 is 5.32 Å². The molecule has 0 spiro atoms. The van der Waals surface area contributed by atoms with E-state index in [1.807, 2.05) is 23.7 Å². The number of hydrogen-bond donors (Lipinski definition) is 2. The first-order valence-corrected chi connectivity index (χ1v) is 7.68. The summed E-state index contributed by atoms with van der Waals surface area (Å²) in [6, 6.07) is 6.16. The number of aromatic nitrogens is 6. The first-order valence-electron chi connectivity index (χ1n) is 7.68. The molecule has 0 bridgehead atoms. The molecule has 0 aliphatic rings. The zero-order valence-electron chi connectivity index (χ0n) is 13.6. The molecule has 3 heterocycles. The average Bonchev–Trinajstić information content (AvgIpc) is 3.13. The van der Waals surface area contributed by atoms with Crippen LogP contribution in [0, 0.1) is 13.8 Å². The Balaban J connectivity index is 1.56. The molecular weight excluding hydrogens is 290 g/mol. The topological polar surface area (TPSA) is 84.3 Å². The van der Waals surface area contributed by atoms with Gasteiger partial charge in [-0.1, -0.05) is 0 Å². The van der Waals surface area contributed by atoms with E-state index in [1.54, 1.807) is 12.4 Å². The van der Waals surface area contributed by atoms with Gasteiger partial charge in [0, 0.05) is 29.7 Å². The summed E-state index contributed by atoms with van der Waals surface area (Å²) in [6.45, 7) is 7.68. The molecule has 0 aromatic carbocycles. The molecule has 1 unspecified atom stereocenters. The number of pyridine rings is 1. The summed E-state index contributed by atoms with van der Waals surface area (Å²) in [7, 11) is 0. The van der Waals surface area contributed by atoms with E-state index in [1.165, 1.54) is 5.69 Å². The molecule has 0 amide bonds. The van der Waals surface area contributed by atoms with Gasteiger partial charge in [-0.2, -0.15) is 10.2 Å². The van der Waals surface area contributed by atoms with Crippen LogP contribution < -0.4 is 5.32 Å². The molecule has 7 nitrogen and oxygen atoms in total. The van der Waals surface area contributed by atoms with Gasteiger partial charge in [-0.3, -0.25) is 14.8 Å². The quantitative estimate of drug-likeness (QED) is 0.726. The summed E-state index contributed by atoms with van der Waals surface area (Å²) in [5.41, 5.74) is 3.18. The first kappa shape index (κ1) is 15.4. The van der Waals surface area contributed by atoms with Crippen molar-refractivity contribution in [3.05, 3.63) is 47.8 Å². The highest BCUT2D eigenvalue weighted by atomic mass is 15.3. The monoisotopic (exact) mass is 311 g/mol. The fourth-order valence-electron chi connectivity index (χ4n) is 2.46. The van der Waals surface area contributed by atoms with Gasteiger partial charge in [-0.15, -0.1) is 0 Å². The molecule has 7 heteroatoms. The minimum absolute atomic E-state index is 0.280. The second-order valence-corrected chi connectivity index (χ2v) is 5.73. The summed E-state index contributed by atoms with van der Waals surface area (Å²) in [5.74, 6) is 1.51. The summed E-state index contributed by atoms with van der Waals surface area (Å²) >= 11 is 0. The summed E-state index contributed by atoms with van der Waals surface area (Å²) < 4.78 is 2.02. The number of H-pyrrole nitrogens is 1. The highest BCUT2D eigenvalue weighted by Crippen LogP contribution is 2.12. The van der Waals surface area contributed by atoms with Crippen LogP contribution in [-0.4, -0.2) is 36.0 Å². The van der Waals surface area contributed by atoms with Crippen molar-refractivity contribution in [3.63, 3.8) is 0 Å². The molecular formula is C16H21N7. The molecule has 0 fully saturated rings. The van der Waals surface area contributed by atoms with E-state index in [4.69, 9.17) is 0 Å². The lowest BCUT2D eigenvalue weighted by Crippen LogP contribution is -2.31. The molecule has 1 atom stereocenters. The van der Waals surface area contributed by atoms with Crippen LogP contribution in [-0.2, 0) is 13.1 Å². The van der Waals surface area contributed by atoms with Crippen LogP contribution in [0.15, 0.2) is 30.6 Å². The average molecular weight is 311 g/mol. The highest BCUT2D eigenvalue weighted by molar-refractivity contribution is 5.52. The Labute approximate surface area is 135 Å². The van der Waals surface area contributed by atoms with Gasteiger partial charge in [0.2, 0.25) is 0 Å². The highest BCUT2D eigenvalue weighted by Gasteiger charge is 2.09. The van der Waals surface area contributed by atoms with Crippen molar-refractivity contribution in [2.24, 2.45) is 0 Å². The maximum atomic E-state index is 4.50. The third-order valence-electron chi connectivity index (χ3n) is 3.64. The number of nitrogens with one attached hydrogen (secondary N) is 2. The van der Waals surface area contributed by atoms with Gasteiger partial charge in [-0.05, 0) is 39.0 Å². The minimum atomic E-state index is 0.280. The minimum Gasteiger partial charge on any atom is -0.305 e. The number of aromatic amines is 1. The van der Waals surface area contributed by atoms with Crippen LogP contribution in [0.25, 0.3) is 11.4 Å². The Bertz CT molecular complexity index is 760. The lowest BCUT2D eigenvalue weighted by Gasteiger charge is -2.13. The second-order valence-electron chi connectivity index (χ2n) is 5.73. The normalized spacial score (nSPS) is 12.5. The van der Waals surface area contributed by atoms with Crippen molar-refractivity contribution in [2.45, 2.75) is 39.9 Å². The molecule has 3 aromatic rings. The molecule has 0 aliphatic carbocycles. The van der Waals surface area contributed by atoms with Crippen molar-refractivity contribution in [1.82, 2.24) is 35.3 Å². The SMILES string of the molecule is Cc1cc(C)n(CC(C)NCc2nc(-c3ccncc3)n[nH]2)n1. The Morgan fingerprint density at radius 1 is 1.26 bits per heavy atom. The van der Waals surface area contributed by atoms with E-state index in [0.29, 0.717) is 12.4 Å². The standard InChI is InChI=1S/C16H21N7/c1-11-8-13(3)23(22-11)10-12(2)18-9-15-19-16(21-20-15)14-4-6-17-7-5-14/h4-8,12,18H,9-10H2,1-3H3,(H,19,20,21). The van der Waals surface area contributed by atoms with Crippen LogP contribution in [0.2, 0.25) is 0 Å². The van der Waals surface area contributed by atoms with Crippen molar-refractivity contribution in [3.8, 4) is 11.4 Å². The summed E-state index contributed by atoms with van der Waals surface area (Å²) in [6.07, 6.45) is 3.47. The molecule has 2 N–H and O–H groups in total. The van der Waals surface area contributed by atoms with Crippen molar-refractivity contribution < 1.29 is 0 Å². The Hall–Kier alpha value is -2.54. The van der Waals surface area contributed by atoms with Gasteiger partial charge in [0.15, 0.2) is 5.82 Å². The van der Waals surface area contributed by atoms with Gasteiger partial charge in [0.05, 0.1) is 18.8 Å². The zero-order valence-corrected chi connectivity index (χ0v) is 13.6. The van der Waals surface area contributed by atoms with E-state index in [9.17, 15) is 0 Å². The summed E-state index contributed by atoms with van der Waals surface area (Å²) in [5, 5.41) is 15.1. The van der Waals surface area contributed by atoms with E-state index in [2.05, 4.69) is 50.5 Å². The molecule has 3 rings (SSSR count). The fourth-order valence-corrected chi connectivity index (χ4v) is 2.46. The van der Waals surface area contributed by atoms with Crippen molar-refractivity contribution >= 4 is 0 Å². The Morgan fingerprint density at radius 2 is 2.04 bits per heavy atom. The molecule has 23 heavy (non-hydrogen) atoms. The smallest absolute Gasteiger partial charge is 0.181 e. The van der Waals surface area contributed by atoms with Crippen LogP contribution >= 0.6 is 0 Å². The Morgan fingerprint density at radius 3 is 2.74 bits per heavy atom. The largest absolute Gasteiger partial charge is 0.305 e. The second kappa shape index (κ2) is 6.70. The van der Waals surface area contributed by atoms with E-state index < -0.39 is 0 Å². The molecule has 3 aromatic heterocycles. The Kier molecular flexibility index (Phi) is 4.47. The predicted octanol–water partition coefficient (Wildman–Crippen LogP) is 1.86. The zero-order chi connectivity index (χ0) is 16.2. The molecule has 0 saturated heterocycles. The fraction of sp³-hybridized carbons (Fsp3) is 0.375. The molecule has 0 aliphatic heterocycles. The third kappa shape index (κ3) is 3.81. The lowest BCUT2D eigenvalue weighted by atomic mass is 10.2. The van der Waals surface area contributed by atoms with Crippen LogP contribution in [0.1, 0.15) is 24.1 Å². The van der Waals surface area contributed by atoms with Gasteiger partial charge in [0.25, 0.3) is 0 Å². The number of rotatable bonds is 6. The number of hydrogen-bond acceptors (Lipinski definition) is 5. The first-order chi connectivity index (χ1) is 11.1. The van der Waals surface area contributed by atoms with E-state index >= 15 is 0 Å². The number of nitrogens with zero attached hydrogens (tertiary/aromatic N) is 5. The van der Waals surface area contributed by atoms with Gasteiger partial charge in [-0.25, -0.2) is 4.98 Å². The maximum absolute atomic E-state index is 4.50. The lowest BCUT2D eigenvalue weighted by molar-refractivity contribution is 0.439. The predicted molar refractivity (Wildman–Crippen MR) is 87.6 cm³/mol. The third-order valence-corrected chi connectivity index (χ3v) is 3.64. The van der Waals surface area contributed by atoms with Crippen LogP contribution in [0.5, 0.6) is 0 Å². The van der Waals surface area contributed by atoms with Crippen LogP contribution in [0.4, 0.5) is 0 Å². The van der Waals surface area contributed by atoms with E-state index in [-0.39, 0.29) is 6.04 Å². The van der Waals surface area contributed by atoms with Crippen molar-refractivity contribution in [1.29, 1.82) is 0 Å². The number of aryl methyl sites for hydroxylation is 2.